The van der Waals surface area contributed by atoms with Gasteiger partial charge in [-0.25, -0.2) is 9.97 Å². The van der Waals surface area contributed by atoms with Crippen LogP contribution in [0, 0.1) is 0 Å². The van der Waals surface area contributed by atoms with E-state index in [-0.39, 0.29) is 12.1 Å². The zero-order valence-electron chi connectivity index (χ0n) is 12.2. The molecule has 1 aromatic heterocycles. The summed E-state index contributed by atoms with van der Waals surface area (Å²) in [7, 11) is 0. The van der Waals surface area contributed by atoms with E-state index in [1.807, 2.05) is 19.2 Å². The largest absolute Gasteiger partial charge is 0.391 e. The molecule has 2 unspecified atom stereocenters. The summed E-state index contributed by atoms with van der Waals surface area (Å²) >= 11 is 1.53. The van der Waals surface area contributed by atoms with Gasteiger partial charge in [0.15, 0.2) is 5.16 Å². The zero-order chi connectivity index (χ0) is 14.4. The molecular formula is C14H24N4OS. The molecule has 112 valence electrons. The Bertz CT molecular complexity index is 430. The molecule has 1 fully saturated rings. The number of nitrogens with one attached hydrogen (secondary N) is 2. The predicted octanol–water partition coefficient (Wildman–Crippen LogP) is 2.74. The van der Waals surface area contributed by atoms with Crippen LogP contribution in [0.3, 0.4) is 0 Å². The molecule has 0 bridgehead atoms. The van der Waals surface area contributed by atoms with Crippen LogP contribution in [0.1, 0.15) is 39.0 Å². The molecule has 1 aliphatic carbocycles. The highest BCUT2D eigenvalue weighted by molar-refractivity contribution is 7.98. The molecule has 3 N–H and O–H groups in total. The van der Waals surface area contributed by atoms with E-state index in [1.54, 1.807) is 0 Å². The minimum Gasteiger partial charge on any atom is -0.391 e. The van der Waals surface area contributed by atoms with Crippen molar-refractivity contribution in [3.63, 3.8) is 0 Å². The van der Waals surface area contributed by atoms with Gasteiger partial charge in [-0.1, -0.05) is 31.0 Å². The SMILES string of the molecule is CCNc1cc(NC2CCCCCC2O)nc(SC)n1. The van der Waals surface area contributed by atoms with Gasteiger partial charge in [0.1, 0.15) is 11.6 Å². The molecule has 5 nitrogen and oxygen atoms in total. The number of nitrogens with zero attached hydrogens (tertiary/aromatic N) is 2. The lowest BCUT2D eigenvalue weighted by Gasteiger charge is -2.22. The molecule has 0 amide bonds. The van der Waals surface area contributed by atoms with E-state index in [0.717, 1.165) is 49.0 Å². The van der Waals surface area contributed by atoms with Crippen LogP contribution >= 0.6 is 11.8 Å². The van der Waals surface area contributed by atoms with Gasteiger partial charge in [-0.2, -0.15) is 0 Å². The molecule has 0 aliphatic heterocycles. The van der Waals surface area contributed by atoms with Gasteiger partial charge in [-0.05, 0) is 26.0 Å². The van der Waals surface area contributed by atoms with Crippen LogP contribution in [0.4, 0.5) is 11.6 Å². The van der Waals surface area contributed by atoms with Crippen molar-refractivity contribution in [2.24, 2.45) is 0 Å². The summed E-state index contributed by atoms with van der Waals surface area (Å²) in [6.07, 6.45) is 7.03. The van der Waals surface area contributed by atoms with Crippen LogP contribution in [-0.2, 0) is 0 Å². The van der Waals surface area contributed by atoms with Gasteiger partial charge in [0.25, 0.3) is 0 Å². The lowest BCUT2D eigenvalue weighted by molar-refractivity contribution is 0.144. The number of thioether (sulfide) groups is 1. The Balaban J connectivity index is 2.12. The van der Waals surface area contributed by atoms with Crippen molar-refractivity contribution < 1.29 is 5.11 Å². The van der Waals surface area contributed by atoms with Crippen molar-refractivity contribution in [3.8, 4) is 0 Å². The summed E-state index contributed by atoms with van der Waals surface area (Å²) in [5.74, 6) is 1.63. The third kappa shape index (κ3) is 4.24. The number of hydrogen-bond acceptors (Lipinski definition) is 6. The fraction of sp³-hybridized carbons (Fsp3) is 0.714. The van der Waals surface area contributed by atoms with Crippen LogP contribution in [-0.4, -0.2) is 40.0 Å². The Kier molecular flexibility index (Phi) is 5.91. The van der Waals surface area contributed by atoms with E-state index in [4.69, 9.17) is 0 Å². The Morgan fingerprint density at radius 1 is 1.25 bits per heavy atom. The highest BCUT2D eigenvalue weighted by atomic mass is 32.2. The number of aromatic nitrogens is 2. The first-order chi connectivity index (χ1) is 9.72. The molecule has 0 spiro atoms. The Morgan fingerprint density at radius 3 is 2.75 bits per heavy atom. The Morgan fingerprint density at radius 2 is 2.00 bits per heavy atom. The van der Waals surface area contributed by atoms with Gasteiger partial charge in [-0.3, -0.25) is 0 Å². The molecule has 1 aliphatic rings. The van der Waals surface area contributed by atoms with E-state index in [2.05, 4.69) is 20.6 Å². The summed E-state index contributed by atoms with van der Waals surface area (Å²) in [6, 6.07) is 2.01. The van der Waals surface area contributed by atoms with Gasteiger partial charge in [0.2, 0.25) is 0 Å². The topological polar surface area (TPSA) is 70.1 Å². The number of rotatable bonds is 5. The molecule has 0 saturated heterocycles. The van der Waals surface area contributed by atoms with Crippen molar-refractivity contribution in [3.05, 3.63) is 6.07 Å². The second-order valence-electron chi connectivity index (χ2n) is 5.11. The summed E-state index contributed by atoms with van der Waals surface area (Å²) in [5, 5.41) is 17.5. The van der Waals surface area contributed by atoms with Gasteiger partial charge in [0.05, 0.1) is 12.1 Å². The van der Waals surface area contributed by atoms with E-state index >= 15 is 0 Å². The normalized spacial score (nSPS) is 23.1. The minimum absolute atomic E-state index is 0.0941. The Labute approximate surface area is 125 Å². The lowest BCUT2D eigenvalue weighted by Crippen LogP contribution is -2.32. The van der Waals surface area contributed by atoms with Crippen LogP contribution < -0.4 is 10.6 Å². The van der Waals surface area contributed by atoms with E-state index in [0.29, 0.717) is 0 Å². The van der Waals surface area contributed by atoms with Crippen LogP contribution in [0.15, 0.2) is 11.2 Å². The van der Waals surface area contributed by atoms with Crippen molar-refractivity contribution in [2.45, 2.75) is 56.3 Å². The molecule has 0 aromatic carbocycles. The number of anilines is 2. The molecule has 1 aromatic rings. The smallest absolute Gasteiger partial charge is 0.191 e. The van der Waals surface area contributed by atoms with Crippen LogP contribution in [0.25, 0.3) is 0 Å². The highest BCUT2D eigenvalue weighted by Gasteiger charge is 2.22. The quantitative estimate of drug-likeness (QED) is 0.441. The Hall–Kier alpha value is -1.01. The fourth-order valence-corrected chi connectivity index (χ4v) is 2.89. The minimum atomic E-state index is -0.284. The molecule has 1 heterocycles. The number of hydrogen-bond donors (Lipinski definition) is 3. The van der Waals surface area contributed by atoms with Crippen molar-refractivity contribution in [2.75, 3.05) is 23.4 Å². The first-order valence-corrected chi connectivity index (χ1v) is 8.57. The van der Waals surface area contributed by atoms with E-state index in [9.17, 15) is 5.11 Å². The third-order valence-corrected chi connectivity index (χ3v) is 4.11. The fourth-order valence-electron chi connectivity index (χ4n) is 2.51. The second-order valence-corrected chi connectivity index (χ2v) is 5.89. The third-order valence-electron chi connectivity index (χ3n) is 3.56. The second kappa shape index (κ2) is 7.69. The molecule has 2 rings (SSSR count). The van der Waals surface area contributed by atoms with Crippen molar-refractivity contribution >= 4 is 23.4 Å². The molecule has 0 radical (unpaired) electrons. The molecule has 2 atom stereocenters. The van der Waals surface area contributed by atoms with E-state index in [1.165, 1.54) is 18.2 Å². The van der Waals surface area contributed by atoms with Gasteiger partial charge < -0.3 is 15.7 Å². The number of aliphatic hydroxyl groups excluding tert-OH is 1. The first kappa shape index (κ1) is 15.4. The lowest BCUT2D eigenvalue weighted by atomic mass is 10.1. The average Bonchev–Trinajstić information content (AvgIpc) is 2.64. The first-order valence-electron chi connectivity index (χ1n) is 7.34. The van der Waals surface area contributed by atoms with Gasteiger partial charge in [0, 0.05) is 12.6 Å². The summed E-state index contributed by atoms with van der Waals surface area (Å²) in [4.78, 5) is 8.89. The maximum absolute atomic E-state index is 10.2. The van der Waals surface area contributed by atoms with E-state index < -0.39 is 0 Å². The molecule has 6 heteroatoms. The zero-order valence-corrected chi connectivity index (χ0v) is 13.0. The van der Waals surface area contributed by atoms with Crippen molar-refractivity contribution in [1.82, 2.24) is 9.97 Å². The summed E-state index contributed by atoms with van der Waals surface area (Å²) < 4.78 is 0. The molecule has 20 heavy (non-hydrogen) atoms. The predicted molar refractivity (Wildman–Crippen MR) is 84.5 cm³/mol. The summed E-state index contributed by atoms with van der Waals surface area (Å²) in [6.45, 7) is 2.87. The van der Waals surface area contributed by atoms with Gasteiger partial charge >= 0.3 is 0 Å². The van der Waals surface area contributed by atoms with Gasteiger partial charge in [-0.15, -0.1) is 0 Å². The maximum atomic E-state index is 10.2. The average molecular weight is 296 g/mol. The standard InChI is InChI=1S/C14H24N4OS/c1-3-15-12-9-13(18-14(17-12)20-2)16-10-7-5-4-6-8-11(10)19/h9-11,19H,3-8H2,1-2H3,(H2,15,16,17,18). The van der Waals surface area contributed by atoms with Crippen LogP contribution in [0.2, 0.25) is 0 Å². The summed E-state index contributed by atoms with van der Waals surface area (Å²) in [5.41, 5.74) is 0. The number of aliphatic hydroxyl groups is 1. The van der Waals surface area contributed by atoms with Crippen molar-refractivity contribution in [1.29, 1.82) is 0 Å². The maximum Gasteiger partial charge on any atom is 0.191 e. The van der Waals surface area contributed by atoms with Crippen LogP contribution in [0.5, 0.6) is 0 Å². The highest BCUT2D eigenvalue weighted by Crippen LogP contribution is 2.23. The molecular weight excluding hydrogens is 272 g/mol. The molecule has 1 saturated carbocycles. The monoisotopic (exact) mass is 296 g/mol.